The van der Waals surface area contributed by atoms with E-state index in [9.17, 15) is 8.42 Å². The Bertz CT molecular complexity index is 539. The highest BCUT2D eigenvalue weighted by molar-refractivity contribution is 7.92. The summed E-state index contributed by atoms with van der Waals surface area (Å²) in [5.74, 6) is 0.840. The highest BCUT2D eigenvalue weighted by atomic mass is 32.2. The summed E-state index contributed by atoms with van der Waals surface area (Å²) in [5, 5.41) is 3.19. The largest absolute Gasteiger partial charge is 0.496 e. The van der Waals surface area contributed by atoms with E-state index in [4.69, 9.17) is 4.74 Å². The molecule has 1 aliphatic rings. The summed E-state index contributed by atoms with van der Waals surface area (Å²) in [4.78, 5) is 0. The van der Waals surface area contributed by atoms with E-state index in [1.54, 1.807) is 25.3 Å². The van der Waals surface area contributed by atoms with E-state index in [0.29, 0.717) is 18.3 Å². The van der Waals surface area contributed by atoms with E-state index in [2.05, 4.69) is 10.0 Å². The van der Waals surface area contributed by atoms with Crippen LogP contribution in [-0.2, 0) is 10.0 Å². The van der Waals surface area contributed by atoms with Crippen LogP contribution in [0.3, 0.4) is 0 Å². The average Bonchev–Trinajstić information content (AvgIpc) is 3.12. The third-order valence-electron chi connectivity index (χ3n) is 3.05. The number of hydrogen-bond donors (Lipinski definition) is 2. The molecule has 0 atom stereocenters. The van der Waals surface area contributed by atoms with Gasteiger partial charge in [0, 0.05) is 18.3 Å². The fourth-order valence-electron chi connectivity index (χ4n) is 1.86. The van der Waals surface area contributed by atoms with Gasteiger partial charge in [-0.25, -0.2) is 8.42 Å². The van der Waals surface area contributed by atoms with Crippen LogP contribution in [0.4, 0.5) is 5.69 Å². The molecule has 0 amide bonds. The lowest BCUT2D eigenvalue weighted by Gasteiger charge is -2.11. The van der Waals surface area contributed by atoms with Crippen molar-refractivity contribution in [2.45, 2.75) is 25.8 Å². The van der Waals surface area contributed by atoms with E-state index in [-0.39, 0.29) is 5.75 Å². The summed E-state index contributed by atoms with van der Waals surface area (Å²) in [6.07, 6.45) is 2.32. The number of ether oxygens (including phenoxy) is 1. The lowest BCUT2D eigenvalue weighted by molar-refractivity contribution is 0.412. The van der Waals surface area contributed by atoms with Gasteiger partial charge in [-0.2, -0.15) is 0 Å². The monoisotopic (exact) mass is 284 g/mol. The molecule has 2 rings (SSSR count). The highest BCUT2D eigenvalue weighted by Gasteiger charge is 2.21. The third kappa shape index (κ3) is 4.40. The van der Waals surface area contributed by atoms with Crippen molar-refractivity contribution in [3.8, 4) is 5.75 Å². The first kappa shape index (κ1) is 14.1. The number of nitrogens with one attached hydrogen (secondary N) is 2. The Morgan fingerprint density at radius 1 is 1.37 bits per heavy atom. The maximum Gasteiger partial charge on any atom is 0.233 e. The average molecular weight is 284 g/mol. The van der Waals surface area contributed by atoms with Crippen molar-refractivity contribution in [3.63, 3.8) is 0 Å². The van der Waals surface area contributed by atoms with Crippen LogP contribution in [0, 0.1) is 6.92 Å². The predicted molar refractivity (Wildman–Crippen MR) is 76.2 cm³/mol. The van der Waals surface area contributed by atoms with Gasteiger partial charge in [-0.15, -0.1) is 0 Å². The minimum atomic E-state index is -3.29. The van der Waals surface area contributed by atoms with Gasteiger partial charge >= 0.3 is 0 Å². The van der Waals surface area contributed by atoms with E-state index in [1.165, 1.54) is 0 Å². The number of benzene rings is 1. The van der Waals surface area contributed by atoms with Gasteiger partial charge in [0.25, 0.3) is 0 Å². The van der Waals surface area contributed by atoms with Crippen molar-refractivity contribution in [3.05, 3.63) is 23.8 Å². The molecule has 0 saturated heterocycles. The maximum atomic E-state index is 11.9. The summed E-state index contributed by atoms with van der Waals surface area (Å²) in [6, 6.07) is 5.76. The Kier molecular flexibility index (Phi) is 4.31. The molecule has 0 aromatic heterocycles. The molecule has 106 valence electrons. The molecule has 1 aliphatic carbocycles. The minimum absolute atomic E-state index is 0.0918. The van der Waals surface area contributed by atoms with Crippen LogP contribution in [0.2, 0.25) is 0 Å². The minimum Gasteiger partial charge on any atom is -0.496 e. The molecule has 1 saturated carbocycles. The molecule has 6 heteroatoms. The topological polar surface area (TPSA) is 67.4 Å². The highest BCUT2D eigenvalue weighted by Crippen LogP contribution is 2.22. The van der Waals surface area contributed by atoms with Gasteiger partial charge in [-0.3, -0.25) is 4.72 Å². The molecule has 1 fully saturated rings. The SMILES string of the molecule is COc1ccc(NS(=O)(=O)CCNC2CC2)cc1C. The van der Waals surface area contributed by atoms with Gasteiger partial charge in [0.05, 0.1) is 12.9 Å². The Balaban J connectivity index is 1.92. The van der Waals surface area contributed by atoms with Gasteiger partial charge in [0.15, 0.2) is 0 Å². The van der Waals surface area contributed by atoms with Crippen molar-refractivity contribution in [2.75, 3.05) is 24.1 Å². The summed E-state index contributed by atoms with van der Waals surface area (Å²) < 4.78 is 31.5. The number of hydrogen-bond acceptors (Lipinski definition) is 4. The number of aryl methyl sites for hydroxylation is 1. The Hall–Kier alpha value is -1.27. The Morgan fingerprint density at radius 2 is 2.11 bits per heavy atom. The summed E-state index contributed by atoms with van der Waals surface area (Å²) in [5.41, 5.74) is 1.48. The Morgan fingerprint density at radius 3 is 2.68 bits per heavy atom. The second-order valence-electron chi connectivity index (χ2n) is 4.83. The van der Waals surface area contributed by atoms with Gasteiger partial charge < -0.3 is 10.1 Å². The predicted octanol–water partition coefficient (Wildman–Crippen LogP) is 1.50. The van der Waals surface area contributed by atoms with Gasteiger partial charge in [-0.1, -0.05) is 0 Å². The van der Waals surface area contributed by atoms with E-state index < -0.39 is 10.0 Å². The molecule has 19 heavy (non-hydrogen) atoms. The second kappa shape index (κ2) is 5.79. The lowest BCUT2D eigenvalue weighted by atomic mass is 10.2. The van der Waals surface area contributed by atoms with Crippen molar-refractivity contribution >= 4 is 15.7 Å². The third-order valence-corrected chi connectivity index (χ3v) is 4.34. The van der Waals surface area contributed by atoms with E-state index in [1.807, 2.05) is 6.92 Å². The molecule has 1 aromatic carbocycles. The standard InChI is InChI=1S/C13H20N2O3S/c1-10-9-12(5-6-13(10)18-2)15-19(16,17)8-7-14-11-3-4-11/h5-6,9,11,14-15H,3-4,7-8H2,1-2H3. The van der Waals surface area contributed by atoms with Crippen LogP contribution >= 0.6 is 0 Å². The van der Waals surface area contributed by atoms with Crippen LogP contribution in [-0.4, -0.2) is 33.9 Å². The van der Waals surface area contributed by atoms with E-state index in [0.717, 1.165) is 24.2 Å². The van der Waals surface area contributed by atoms with Crippen LogP contribution in [0.1, 0.15) is 18.4 Å². The first-order valence-electron chi connectivity index (χ1n) is 6.39. The molecule has 1 aromatic rings. The molecule has 2 N–H and O–H groups in total. The fraction of sp³-hybridized carbons (Fsp3) is 0.538. The van der Waals surface area contributed by atoms with Crippen molar-refractivity contribution < 1.29 is 13.2 Å². The summed E-state index contributed by atoms with van der Waals surface area (Å²) in [7, 11) is -1.70. The van der Waals surface area contributed by atoms with Crippen LogP contribution < -0.4 is 14.8 Å². The molecule has 0 spiro atoms. The Labute approximate surface area is 114 Å². The first-order valence-corrected chi connectivity index (χ1v) is 8.04. The fourth-order valence-corrected chi connectivity index (χ4v) is 2.83. The van der Waals surface area contributed by atoms with Gasteiger partial charge in [0.1, 0.15) is 5.75 Å². The quantitative estimate of drug-likeness (QED) is 0.796. The molecule has 0 heterocycles. The van der Waals surface area contributed by atoms with Crippen LogP contribution in [0.25, 0.3) is 0 Å². The number of methoxy groups -OCH3 is 1. The van der Waals surface area contributed by atoms with Gasteiger partial charge in [-0.05, 0) is 43.5 Å². The van der Waals surface area contributed by atoms with E-state index >= 15 is 0 Å². The van der Waals surface area contributed by atoms with Crippen LogP contribution in [0.5, 0.6) is 5.75 Å². The second-order valence-corrected chi connectivity index (χ2v) is 6.68. The molecule has 0 radical (unpaired) electrons. The van der Waals surface area contributed by atoms with Crippen molar-refractivity contribution in [1.29, 1.82) is 0 Å². The zero-order valence-electron chi connectivity index (χ0n) is 11.3. The normalized spacial score (nSPS) is 15.3. The summed E-state index contributed by atoms with van der Waals surface area (Å²) >= 11 is 0. The smallest absolute Gasteiger partial charge is 0.233 e. The number of anilines is 1. The first-order chi connectivity index (χ1) is 9.00. The van der Waals surface area contributed by atoms with Crippen LogP contribution in [0.15, 0.2) is 18.2 Å². The maximum absolute atomic E-state index is 11.9. The molecule has 0 unspecified atom stereocenters. The molecular weight excluding hydrogens is 264 g/mol. The van der Waals surface area contributed by atoms with Crippen molar-refractivity contribution in [1.82, 2.24) is 5.32 Å². The zero-order chi connectivity index (χ0) is 13.9. The van der Waals surface area contributed by atoms with Crippen molar-refractivity contribution in [2.24, 2.45) is 0 Å². The molecule has 5 nitrogen and oxygen atoms in total. The summed E-state index contributed by atoms with van der Waals surface area (Å²) in [6.45, 7) is 2.38. The lowest BCUT2D eigenvalue weighted by Crippen LogP contribution is -2.28. The molecular formula is C13H20N2O3S. The molecule has 0 aliphatic heterocycles. The number of sulfonamides is 1. The number of rotatable bonds is 7. The molecule has 0 bridgehead atoms. The van der Waals surface area contributed by atoms with Gasteiger partial charge in [0.2, 0.25) is 10.0 Å². The zero-order valence-corrected chi connectivity index (χ0v) is 12.1.